The third-order valence-electron chi connectivity index (χ3n) is 4.29. The Labute approximate surface area is 134 Å². The normalized spacial score (nSPS) is 15.3. The number of rotatable bonds is 2. The number of hydrogen-bond acceptors (Lipinski definition) is 6. The molecule has 1 aliphatic rings. The molecule has 0 atom stereocenters. The van der Waals surface area contributed by atoms with Crippen molar-refractivity contribution in [3.8, 4) is 11.4 Å². The second kappa shape index (κ2) is 5.58. The van der Waals surface area contributed by atoms with E-state index < -0.39 is 0 Å². The molecule has 7 heteroatoms. The van der Waals surface area contributed by atoms with Gasteiger partial charge in [0.2, 0.25) is 0 Å². The van der Waals surface area contributed by atoms with Crippen molar-refractivity contribution in [3.63, 3.8) is 0 Å². The highest BCUT2D eigenvalue weighted by molar-refractivity contribution is 5.64. The molecule has 3 aromatic heterocycles. The smallest absolute Gasteiger partial charge is 0.158 e. The van der Waals surface area contributed by atoms with Crippen LogP contribution in [0.25, 0.3) is 17.0 Å². The molecular formula is C16H19N7. The fourth-order valence-corrected chi connectivity index (χ4v) is 2.99. The zero-order chi connectivity index (χ0) is 15.8. The van der Waals surface area contributed by atoms with Gasteiger partial charge in [-0.1, -0.05) is 0 Å². The summed E-state index contributed by atoms with van der Waals surface area (Å²) in [6.07, 6.45) is 5.07. The molecule has 0 radical (unpaired) electrons. The number of fused-ring (bicyclic) bond motifs is 1. The number of piperazine rings is 1. The summed E-state index contributed by atoms with van der Waals surface area (Å²) < 4.78 is 1.94. The Balaban J connectivity index is 1.90. The summed E-state index contributed by atoms with van der Waals surface area (Å²) in [6, 6.07) is 1.97. The van der Waals surface area contributed by atoms with Crippen LogP contribution in [-0.2, 0) is 0 Å². The molecule has 1 aliphatic heterocycles. The van der Waals surface area contributed by atoms with E-state index in [1.54, 1.807) is 18.6 Å². The van der Waals surface area contributed by atoms with Crippen LogP contribution in [0.1, 0.15) is 11.3 Å². The Morgan fingerprint density at radius 2 is 1.91 bits per heavy atom. The highest BCUT2D eigenvalue weighted by Crippen LogP contribution is 2.26. The number of aryl methyl sites for hydroxylation is 1. The van der Waals surface area contributed by atoms with E-state index in [1.165, 1.54) is 5.56 Å². The highest BCUT2D eigenvalue weighted by atomic mass is 15.4. The predicted molar refractivity (Wildman–Crippen MR) is 88.6 cm³/mol. The molecule has 4 heterocycles. The van der Waals surface area contributed by atoms with Gasteiger partial charge in [0.1, 0.15) is 17.2 Å². The summed E-state index contributed by atoms with van der Waals surface area (Å²) in [6.45, 7) is 8.08. The molecule has 4 rings (SSSR count). The van der Waals surface area contributed by atoms with E-state index in [1.807, 2.05) is 10.6 Å². The molecule has 23 heavy (non-hydrogen) atoms. The summed E-state index contributed by atoms with van der Waals surface area (Å²) >= 11 is 0. The molecule has 7 nitrogen and oxygen atoms in total. The first-order valence-corrected chi connectivity index (χ1v) is 7.83. The minimum absolute atomic E-state index is 0.763. The maximum atomic E-state index is 4.75. The Hall–Kier alpha value is -2.54. The molecule has 118 valence electrons. The lowest BCUT2D eigenvalue weighted by Crippen LogP contribution is -2.44. The molecule has 1 N–H and O–H groups in total. The first kappa shape index (κ1) is 14.1. The number of aromatic nitrogens is 5. The minimum Gasteiger partial charge on any atom is -0.354 e. The van der Waals surface area contributed by atoms with Crippen LogP contribution in [-0.4, -0.2) is 50.7 Å². The van der Waals surface area contributed by atoms with Gasteiger partial charge in [-0.15, -0.1) is 0 Å². The van der Waals surface area contributed by atoms with Crippen LogP contribution in [0.4, 0.5) is 5.82 Å². The predicted octanol–water partition coefficient (Wildman–Crippen LogP) is 1.21. The molecule has 1 fully saturated rings. The zero-order valence-corrected chi connectivity index (χ0v) is 13.3. The molecule has 0 bridgehead atoms. The highest BCUT2D eigenvalue weighted by Gasteiger charge is 2.20. The quantitative estimate of drug-likeness (QED) is 0.767. The Kier molecular flexibility index (Phi) is 3.42. The topological polar surface area (TPSA) is 71.2 Å². The lowest BCUT2D eigenvalue weighted by Gasteiger charge is -2.31. The van der Waals surface area contributed by atoms with E-state index in [4.69, 9.17) is 5.10 Å². The van der Waals surface area contributed by atoms with Crippen LogP contribution >= 0.6 is 0 Å². The van der Waals surface area contributed by atoms with Gasteiger partial charge in [0, 0.05) is 55.9 Å². The zero-order valence-electron chi connectivity index (χ0n) is 13.3. The van der Waals surface area contributed by atoms with Crippen LogP contribution in [0, 0.1) is 13.8 Å². The second-order valence-corrected chi connectivity index (χ2v) is 5.77. The van der Waals surface area contributed by atoms with Crippen molar-refractivity contribution in [3.05, 3.63) is 35.9 Å². The van der Waals surface area contributed by atoms with Gasteiger partial charge in [-0.05, 0) is 13.8 Å². The fourth-order valence-electron chi connectivity index (χ4n) is 2.99. The molecule has 0 aliphatic carbocycles. The second-order valence-electron chi connectivity index (χ2n) is 5.77. The van der Waals surface area contributed by atoms with Crippen molar-refractivity contribution in [2.24, 2.45) is 0 Å². The summed E-state index contributed by atoms with van der Waals surface area (Å²) in [5, 5.41) is 8.14. The molecule has 1 saturated heterocycles. The molecule has 0 amide bonds. The van der Waals surface area contributed by atoms with E-state index in [-0.39, 0.29) is 0 Å². The Morgan fingerprint density at radius 3 is 2.65 bits per heavy atom. The third-order valence-corrected chi connectivity index (χ3v) is 4.29. The van der Waals surface area contributed by atoms with Gasteiger partial charge in [-0.3, -0.25) is 9.97 Å². The SMILES string of the molecule is Cc1nc2cc(-c3cnccn3)nn2c(N2CCNCC2)c1C. The van der Waals surface area contributed by atoms with Gasteiger partial charge in [0.25, 0.3) is 0 Å². The van der Waals surface area contributed by atoms with Crippen LogP contribution in [0.2, 0.25) is 0 Å². The van der Waals surface area contributed by atoms with E-state index in [0.29, 0.717) is 0 Å². The first-order chi connectivity index (χ1) is 11.2. The van der Waals surface area contributed by atoms with Gasteiger partial charge >= 0.3 is 0 Å². The number of anilines is 1. The van der Waals surface area contributed by atoms with Crippen molar-refractivity contribution >= 4 is 11.5 Å². The molecular weight excluding hydrogens is 290 g/mol. The largest absolute Gasteiger partial charge is 0.354 e. The summed E-state index contributed by atoms with van der Waals surface area (Å²) in [7, 11) is 0. The van der Waals surface area contributed by atoms with Gasteiger partial charge in [-0.2, -0.15) is 9.61 Å². The van der Waals surface area contributed by atoms with Crippen LogP contribution in [0.15, 0.2) is 24.7 Å². The Bertz CT molecular complexity index is 835. The van der Waals surface area contributed by atoms with E-state index in [2.05, 4.69) is 39.0 Å². The van der Waals surface area contributed by atoms with Gasteiger partial charge in [0.15, 0.2) is 5.65 Å². The van der Waals surface area contributed by atoms with E-state index in [0.717, 1.165) is 54.7 Å². The fraction of sp³-hybridized carbons (Fsp3) is 0.375. The third kappa shape index (κ3) is 2.43. The maximum Gasteiger partial charge on any atom is 0.158 e. The number of nitrogens with one attached hydrogen (secondary N) is 1. The molecule has 0 spiro atoms. The van der Waals surface area contributed by atoms with Crippen molar-refractivity contribution in [2.75, 3.05) is 31.1 Å². The van der Waals surface area contributed by atoms with Gasteiger partial charge in [-0.25, -0.2) is 4.98 Å². The average molecular weight is 309 g/mol. The first-order valence-electron chi connectivity index (χ1n) is 7.83. The minimum atomic E-state index is 0.763. The maximum absolute atomic E-state index is 4.75. The van der Waals surface area contributed by atoms with Crippen LogP contribution < -0.4 is 10.2 Å². The van der Waals surface area contributed by atoms with E-state index >= 15 is 0 Å². The van der Waals surface area contributed by atoms with Crippen LogP contribution in [0.5, 0.6) is 0 Å². The lowest BCUT2D eigenvalue weighted by molar-refractivity contribution is 0.578. The van der Waals surface area contributed by atoms with Crippen molar-refractivity contribution in [1.82, 2.24) is 29.9 Å². The average Bonchev–Trinajstić information content (AvgIpc) is 3.01. The summed E-state index contributed by atoms with van der Waals surface area (Å²) in [5.41, 5.74) is 4.62. The Morgan fingerprint density at radius 1 is 1.09 bits per heavy atom. The summed E-state index contributed by atoms with van der Waals surface area (Å²) in [5.74, 6) is 1.13. The molecule has 3 aromatic rings. The van der Waals surface area contributed by atoms with Crippen molar-refractivity contribution in [2.45, 2.75) is 13.8 Å². The number of hydrogen-bond donors (Lipinski definition) is 1. The van der Waals surface area contributed by atoms with Gasteiger partial charge in [0.05, 0.1) is 6.20 Å². The van der Waals surface area contributed by atoms with E-state index in [9.17, 15) is 0 Å². The molecule has 0 aromatic carbocycles. The summed E-state index contributed by atoms with van der Waals surface area (Å²) in [4.78, 5) is 15.5. The molecule has 0 unspecified atom stereocenters. The van der Waals surface area contributed by atoms with Crippen molar-refractivity contribution in [1.29, 1.82) is 0 Å². The van der Waals surface area contributed by atoms with Gasteiger partial charge < -0.3 is 10.2 Å². The number of nitrogens with zero attached hydrogens (tertiary/aromatic N) is 6. The van der Waals surface area contributed by atoms with Crippen LogP contribution in [0.3, 0.4) is 0 Å². The van der Waals surface area contributed by atoms with Crippen molar-refractivity contribution < 1.29 is 0 Å². The lowest BCUT2D eigenvalue weighted by atomic mass is 10.2. The monoisotopic (exact) mass is 309 g/mol. The standard InChI is InChI=1S/C16H19N7/c1-11-12(2)20-15-9-13(14-10-18-3-4-19-14)21-23(15)16(11)22-7-5-17-6-8-22/h3-4,9-10,17H,5-8H2,1-2H3. The molecule has 0 saturated carbocycles.